The van der Waals surface area contributed by atoms with Crippen LogP contribution in [0.2, 0.25) is 0 Å². The number of carbonyl (C=O) groups excluding carboxylic acids is 1. The molecule has 1 aliphatic heterocycles. The van der Waals surface area contributed by atoms with Crippen LogP contribution < -0.4 is 0 Å². The minimum atomic E-state index is -0.751. The molecule has 1 saturated carbocycles. The van der Waals surface area contributed by atoms with Gasteiger partial charge in [-0.1, -0.05) is 18.2 Å². The molecule has 1 aliphatic carbocycles. The van der Waals surface area contributed by atoms with E-state index in [4.69, 9.17) is 10.1 Å². The molecule has 2 aliphatic rings. The van der Waals surface area contributed by atoms with Gasteiger partial charge in [0.1, 0.15) is 0 Å². The number of aromatic nitrogens is 1. The summed E-state index contributed by atoms with van der Waals surface area (Å²) in [5.74, 6) is -0.0246. The van der Waals surface area contributed by atoms with Gasteiger partial charge in [-0.15, -0.1) is 0 Å². The number of piperidine rings is 1. The summed E-state index contributed by atoms with van der Waals surface area (Å²) < 4.78 is 0. The van der Waals surface area contributed by atoms with Gasteiger partial charge in [0, 0.05) is 36.5 Å². The lowest BCUT2D eigenvalue weighted by Gasteiger charge is -2.31. The molecule has 1 aromatic carbocycles. The number of nitrogens with zero attached hydrogens (tertiary/aromatic N) is 2. The minimum Gasteiger partial charge on any atom is -0.481 e. The molecule has 2 aromatic rings. The van der Waals surface area contributed by atoms with E-state index < -0.39 is 5.97 Å². The fourth-order valence-corrected chi connectivity index (χ4v) is 3.72. The van der Waals surface area contributed by atoms with Gasteiger partial charge in [0.2, 0.25) is 0 Å². The van der Waals surface area contributed by atoms with Crippen LogP contribution in [-0.4, -0.2) is 40.0 Å². The van der Waals surface area contributed by atoms with E-state index in [2.05, 4.69) is 0 Å². The standard InChI is InChI=1S/C20H22N2O3/c23-19(24)11-13-7-9-22(10-8-13)20(25)16-12-18(14-5-6-14)21-17-4-2-1-3-15(16)17/h1-4,12-14H,5-11H2,(H,23,24). The number of fused-ring (bicyclic) bond motifs is 1. The molecule has 4 rings (SSSR count). The summed E-state index contributed by atoms with van der Waals surface area (Å²) in [6.07, 6.45) is 4.03. The highest BCUT2D eigenvalue weighted by Crippen LogP contribution is 2.40. The number of likely N-dealkylation sites (tertiary alicyclic amines) is 1. The first-order valence-electron chi connectivity index (χ1n) is 9.02. The lowest BCUT2D eigenvalue weighted by molar-refractivity contribution is -0.138. The van der Waals surface area contributed by atoms with Gasteiger partial charge in [-0.25, -0.2) is 0 Å². The van der Waals surface area contributed by atoms with Crippen LogP contribution in [0.4, 0.5) is 0 Å². The Kier molecular flexibility index (Phi) is 4.15. The first kappa shape index (κ1) is 16.1. The number of pyridine rings is 1. The van der Waals surface area contributed by atoms with Crippen LogP contribution in [-0.2, 0) is 4.79 Å². The van der Waals surface area contributed by atoms with E-state index in [1.807, 2.05) is 35.2 Å². The van der Waals surface area contributed by atoms with Crippen LogP contribution in [0, 0.1) is 5.92 Å². The Balaban J connectivity index is 1.59. The van der Waals surface area contributed by atoms with Crippen molar-refractivity contribution >= 4 is 22.8 Å². The molecule has 1 amide bonds. The number of carbonyl (C=O) groups is 2. The van der Waals surface area contributed by atoms with E-state index in [1.54, 1.807) is 0 Å². The molecule has 2 fully saturated rings. The maximum Gasteiger partial charge on any atom is 0.303 e. The average Bonchev–Trinajstić information content (AvgIpc) is 3.45. The van der Waals surface area contributed by atoms with Crippen molar-refractivity contribution in [1.29, 1.82) is 0 Å². The zero-order valence-corrected chi connectivity index (χ0v) is 14.1. The maximum absolute atomic E-state index is 13.1. The monoisotopic (exact) mass is 338 g/mol. The fourth-order valence-electron chi connectivity index (χ4n) is 3.72. The number of carboxylic acids is 1. The highest BCUT2D eigenvalue weighted by atomic mass is 16.4. The van der Waals surface area contributed by atoms with Crippen LogP contribution >= 0.6 is 0 Å². The van der Waals surface area contributed by atoms with Crippen LogP contribution in [0.3, 0.4) is 0 Å². The van der Waals surface area contributed by atoms with Crippen LogP contribution in [0.5, 0.6) is 0 Å². The Labute approximate surface area is 146 Å². The number of para-hydroxylation sites is 1. The molecular formula is C20H22N2O3. The molecular weight excluding hydrogens is 316 g/mol. The van der Waals surface area contributed by atoms with Gasteiger partial charge in [0.05, 0.1) is 11.1 Å². The van der Waals surface area contributed by atoms with Crippen molar-refractivity contribution in [2.45, 2.75) is 38.0 Å². The van der Waals surface area contributed by atoms with Crippen molar-refractivity contribution in [3.63, 3.8) is 0 Å². The van der Waals surface area contributed by atoms with E-state index in [9.17, 15) is 9.59 Å². The molecule has 1 saturated heterocycles. The Bertz CT molecular complexity index is 821. The molecule has 0 spiro atoms. The number of carboxylic acid groups (broad SMARTS) is 1. The fraction of sp³-hybridized carbons (Fsp3) is 0.450. The first-order chi connectivity index (χ1) is 12.1. The molecule has 5 heteroatoms. The maximum atomic E-state index is 13.1. The second-order valence-electron chi connectivity index (χ2n) is 7.22. The number of amides is 1. The van der Waals surface area contributed by atoms with E-state index in [1.165, 1.54) is 0 Å². The summed E-state index contributed by atoms with van der Waals surface area (Å²) in [6, 6.07) is 9.81. The van der Waals surface area contributed by atoms with E-state index in [-0.39, 0.29) is 18.2 Å². The van der Waals surface area contributed by atoms with Crippen molar-refractivity contribution < 1.29 is 14.7 Å². The molecule has 2 heterocycles. The summed E-state index contributed by atoms with van der Waals surface area (Å²) in [7, 11) is 0. The summed E-state index contributed by atoms with van der Waals surface area (Å²) in [4.78, 5) is 30.6. The topological polar surface area (TPSA) is 70.5 Å². The second kappa shape index (κ2) is 6.47. The Morgan fingerprint density at radius 1 is 1.12 bits per heavy atom. The molecule has 0 radical (unpaired) electrons. The van der Waals surface area contributed by atoms with Gasteiger partial charge in [-0.05, 0) is 43.7 Å². The smallest absolute Gasteiger partial charge is 0.303 e. The van der Waals surface area contributed by atoms with Crippen molar-refractivity contribution in [2.24, 2.45) is 5.92 Å². The quantitative estimate of drug-likeness (QED) is 0.927. The second-order valence-corrected chi connectivity index (χ2v) is 7.22. The molecule has 0 unspecified atom stereocenters. The molecule has 1 aromatic heterocycles. The van der Waals surface area contributed by atoms with Crippen molar-refractivity contribution in [3.05, 3.63) is 41.6 Å². The number of benzene rings is 1. The zero-order chi connectivity index (χ0) is 17.4. The van der Waals surface area contributed by atoms with Gasteiger partial charge in [-0.3, -0.25) is 14.6 Å². The van der Waals surface area contributed by atoms with Gasteiger partial charge >= 0.3 is 5.97 Å². The third-order valence-electron chi connectivity index (χ3n) is 5.33. The summed E-state index contributed by atoms with van der Waals surface area (Å²) in [5.41, 5.74) is 2.66. The molecule has 0 bridgehead atoms. The van der Waals surface area contributed by atoms with Gasteiger partial charge in [-0.2, -0.15) is 0 Å². The third kappa shape index (κ3) is 3.36. The number of hydrogen-bond donors (Lipinski definition) is 1. The lowest BCUT2D eigenvalue weighted by Crippen LogP contribution is -2.39. The van der Waals surface area contributed by atoms with Crippen molar-refractivity contribution in [2.75, 3.05) is 13.1 Å². The first-order valence-corrected chi connectivity index (χ1v) is 9.02. The van der Waals surface area contributed by atoms with E-state index in [0.717, 1.165) is 47.8 Å². The van der Waals surface area contributed by atoms with Gasteiger partial charge in [0.25, 0.3) is 5.91 Å². The minimum absolute atomic E-state index is 0.0503. The largest absolute Gasteiger partial charge is 0.481 e. The molecule has 0 atom stereocenters. The normalized spacial score (nSPS) is 18.5. The molecule has 5 nitrogen and oxygen atoms in total. The van der Waals surface area contributed by atoms with E-state index >= 15 is 0 Å². The Morgan fingerprint density at radius 3 is 2.52 bits per heavy atom. The highest BCUT2D eigenvalue weighted by molar-refractivity contribution is 6.06. The van der Waals surface area contributed by atoms with Gasteiger partial charge < -0.3 is 10.0 Å². The molecule has 130 valence electrons. The van der Waals surface area contributed by atoms with E-state index in [0.29, 0.717) is 19.0 Å². The van der Waals surface area contributed by atoms with Gasteiger partial charge in [0.15, 0.2) is 0 Å². The van der Waals surface area contributed by atoms with Crippen LogP contribution in [0.25, 0.3) is 10.9 Å². The third-order valence-corrected chi connectivity index (χ3v) is 5.33. The molecule has 1 N–H and O–H groups in total. The predicted molar refractivity (Wildman–Crippen MR) is 94.6 cm³/mol. The SMILES string of the molecule is O=C(O)CC1CCN(C(=O)c2cc(C3CC3)nc3ccccc23)CC1. The van der Waals surface area contributed by atoms with Crippen molar-refractivity contribution in [1.82, 2.24) is 9.88 Å². The highest BCUT2D eigenvalue weighted by Gasteiger charge is 2.29. The number of rotatable bonds is 4. The zero-order valence-electron chi connectivity index (χ0n) is 14.1. The predicted octanol–water partition coefficient (Wildman–Crippen LogP) is 3.44. The Morgan fingerprint density at radius 2 is 1.84 bits per heavy atom. The summed E-state index contributed by atoms with van der Waals surface area (Å²) in [6.45, 7) is 1.26. The number of aliphatic carboxylic acids is 1. The summed E-state index contributed by atoms with van der Waals surface area (Å²) in [5, 5.41) is 9.85. The van der Waals surface area contributed by atoms with Crippen LogP contribution in [0.15, 0.2) is 30.3 Å². The molecule has 25 heavy (non-hydrogen) atoms. The average molecular weight is 338 g/mol. The summed E-state index contributed by atoms with van der Waals surface area (Å²) >= 11 is 0. The Hall–Kier alpha value is -2.43. The number of hydrogen-bond acceptors (Lipinski definition) is 3. The van der Waals surface area contributed by atoms with Crippen LogP contribution in [0.1, 0.15) is 54.1 Å². The van der Waals surface area contributed by atoms with Crippen molar-refractivity contribution in [3.8, 4) is 0 Å². The lowest BCUT2D eigenvalue weighted by atomic mass is 9.93.